The van der Waals surface area contributed by atoms with Crippen molar-refractivity contribution in [1.82, 2.24) is 14.9 Å². The fourth-order valence-corrected chi connectivity index (χ4v) is 3.27. The molecule has 7 heteroatoms. The number of hydrogen-bond acceptors (Lipinski definition) is 4. The van der Waals surface area contributed by atoms with Gasteiger partial charge in [-0.2, -0.15) is 0 Å². The minimum Gasteiger partial charge on any atom is -0.497 e. The highest BCUT2D eigenvalue weighted by Crippen LogP contribution is 2.34. The fraction of sp³-hybridized carbons (Fsp3) is 0.389. The van der Waals surface area contributed by atoms with Gasteiger partial charge in [0.2, 0.25) is 5.91 Å². The van der Waals surface area contributed by atoms with E-state index in [4.69, 9.17) is 4.74 Å². The lowest BCUT2D eigenvalue weighted by molar-refractivity contribution is -0.141. The summed E-state index contributed by atoms with van der Waals surface area (Å²) < 4.78 is 5.14. The van der Waals surface area contributed by atoms with E-state index in [-0.39, 0.29) is 18.4 Å². The van der Waals surface area contributed by atoms with Gasteiger partial charge in [0.25, 0.3) is 0 Å². The van der Waals surface area contributed by atoms with Crippen molar-refractivity contribution in [2.45, 2.75) is 18.8 Å². The SMILES string of the molecule is COc1ccc([C@@H]2CN(C(=O)CCc3cnc[nH]3)C[C@H]2C(=O)O)cc1. The number of aliphatic carboxylic acids is 1. The molecule has 1 aromatic carbocycles. The second kappa shape index (κ2) is 7.38. The number of methoxy groups -OCH3 is 1. The molecule has 0 aliphatic carbocycles. The van der Waals surface area contributed by atoms with E-state index in [0.717, 1.165) is 17.0 Å². The van der Waals surface area contributed by atoms with E-state index in [0.29, 0.717) is 19.4 Å². The number of likely N-dealkylation sites (tertiary alicyclic amines) is 1. The van der Waals surface area contributed by atoms with Gasteiger partial charge in [-0.3, -0.25) is 9.59 Å². The van der Waals surface area contributed by atoms with Crippen molar-refractivity contribution in [1.29, 1.82) is 0 Å². The maximum absolute atomic E-state index is 12.5. The fourth-order valence-electron chi connectivity index (χ4n) is 3.27. The van der Waals surface area contributed by atoms with Crippen LogP contribution in [0.15, 0.2) is 36.8 Å². The number of carbonyl (C=O) groups excluding carboxylic acids is 1. The number of hydrogen-bond donors (Lipinski definition) is 2. The highest BCUT2D eigenvalue weighted by atomic mass is 16.5. The molecule has 7 nitrogen and oxygen atoms in total. The summed E-state index contributed by atoms with van der Waals surface area (Å²) in [5.41, 5.74) is 1.81. The van der Waals surface area contributed by atoms with Gasteiger partial charge in [-0.05, 0) is 24.1 Å². The third-order valence-corrected chi connectivity index (χ3v) is 4.70. The second-order valence-electron chi connectivity index (χ2n) is 6.20. The number of benzene rings is 1. The van der Waals surface area contributed by atoms with Crippen LogP contribution in [0.3, 0.4) is 0 Å². The summed E-state index contributed by atoms with van der Waals surface area (Å²) in [6.07, 6.45) is 4.18. The number of aromatic amines is 1. The Morgan fingerprint density at radius 2 is 2.08 bits per heavy atom. The van der Waals surface area contributed by atoms with Crippen molar-refractivity contribution >= 4 is 11.9 Å². The molecule has 132 valence electrons. The Morgan fingerprint density at radius 1 is 1.32 bits per heavy atom. The molecule has 2 aromatic rings. The summed E-state index contributed by atoms with van der Waals surface area (Å²) in [6, 6.07) is 7.38. The van der Waals surface area contributed by atoms with Gasteiger partial charge in [0.05, 0.1) is 19.4 Å². The largest absolute Gasteiger partial charge is 0.497 e. The van der Waals surface area contributed by atoms with E-state index in [1.807, 2.05) is 24.3 Å². The number of carboxylic acid groups (broad SMARTS) is 1. The molecule has 1 aliphatic rings. The zero-order valence-corrected chi connectivity index (χ0v) is 14.0. The molecule has 1 fully saturated rings. The molecule has 2 atom stereocenters. The Bertz CT molecular complexity index is 727. The number of ether oxygens (including phenoxy) is 1. The van der Waals surface area contributed by atoms with Gasteiger partial charge in [-0.25, -0.2) is 4.98 Å². The van der Waals surface area contributed by atoms with Crippen LogP contribution in [0.1, 0.15) is 23.6 Å². The Morgan fingerprint density at radius 3 is 2.68 bits per heavy atom. The van der Waals surface area contributed by atoms with E-state index < -0.39 is 11.9 Å². The third kappa shape index (κ3) is 3.81. The Hall–Kier alpha value is -2.83. The quantitative estimate of drug-likeness (QED) is 0.832. The van der Waals surface area contributed by atoms with Crippen molar-refractivity contribution < 1.29 is 19.4 Å². The van der Waals surface area contributed by atoms with Crippen molar-refractivity contribution in [3.05, 3.63) is 48.0 Å². The first-order chi connectivity index (χ1) is 12.1. The van der Waals surface area contributed by atoms with E-state index in [9.17, 15) is 14.7 Å². The number of carbonyl (C=O) groups is 2. The van der Waals surface area contributed by atoms with Crippen LogP contribution in [0, 0.1) is 5.92 Å². The van der Waals surface area contributed by atoms with Crippen molar-refractivity contribution in [3.63, 3.8) is 0 Å². The standard InChI is InChI=1S/C18H21N3O4/c1-25-14-5-2-12(3-6-14)15-9-21(10-16(15)18(23)24)17(22)7-4-13-8-19-11-20-13/h2-3,5-6,8,11,15-16H,4,7,9-10H2,1H3,(H,19,20)(H,23,24)/t15-,16+/m0/s1. The lowest BCUT2D eigenvalue weighted by atomic mass is 9.89. The molecular weight excluding hydrogens is 322 g/mol. The molecule has 3 rings (SSSR count). The molecular formula is C18H21N3O4. The van der Waals surface area contributed by atoms with Crippen LogP contribution in [0.5, 0.6) is 5.75 Å². The number of nitrogens with one attached hydrogen (secondary N) is 1. The summed E-state index contributed by atoms with van der Waals surface area (Å²) in [6.45, 7) is 0.666. The van der Waals surface area contributed by atoms with Crippen LogP contribution in [-0.2, 0) is 16.0 Å². The number of carboxylic acids is 1. The predicted octanol–water partition coefficient (Wildman–Crippen LogP) is 1.68. The monoisotopic (exact) mass is 343 g/mol. The number of aryl methyl sites for hydroxylation is 1. The molecule has 2 N–H and O–H groups in total. The van der Waals surface area contributed by atoms with Gasteiger partial charge >= 0.3 is 5.97 Å². The topological polar surface area (TPSA) is 95.5 Å². The second-order valence-corrected chi connectivity index (χ2v) is 6.20. The first-order valence-corrected chi connectivity index (χ1v) is 8.20. The zero-order valence-electron chi connectivity index (χ0n) is 14.0. The first kappa shape index (κ1) is 17.0. The van der Waals surface area contributed by atoms with E-state index in [1.165, 1.54) is 0 Å². The predicted molar refractivity (Wildman–Crippen MR) is 90.3 cm³/mol. The third-order valence-electron chi connectivity index (χ3n) is 4.70. The van der Waals surface area contributed by atoms with Gasteiger partial charge in [0.15, 0.2) is 0 Å². The van der Waals surface area contributed by atoms with Crippen LogP contribution in [0.2, 0.25) is 0 Å². The Balaban J connectivity index is 1.68. The summed E-state index contributed by atoms with van der Waals surface area (Å²) in [5.74, 6) is -0.980. The summed E-state index contributed by atoms with van der Waals surface area (Å²) >= 11 is 0. The number of rotatable bonds is 6. The highest BCUT2D eigenvalue weighted by molar-refractivity contribution is 5.79. The van der Waals surface area contributed by atoms with Crippen LogP contribution in [0.4, 0.5) is 0 Å². The number of aromatic nitrogens is 2. The van der Waals surface area contributed by atoms with Gasteiger partial charge < -0.3 is 19.7 Å². The zero-order chi connectivity index (χ0) is 17.8. The summed E-state index contributed by atoms with van der Waals surface area (Å²) in [4.78, 5) is 32.7. The average Bonchev–Trinajstić information content (AvgIpc) is 3.29. The Labute approximate surface area is 145 Å². The minimum atomic E-state index is -0.871. The van der Waals surface area contributed by atoms with E-state index in [1.54, 1.807) is 24.5 Å². The summed E-state index contributed by atoms with van der Waals surface area (Å²) in [5, 5.41) is 9.55. The molecule has 0 saturated carbocycles. The first-order valence-electron chi connectivity index (χ1n) is 8.20. The molecule has 1 aliphatic heterocycles. The van der Waals surface area contributed by atoms with Crippen molar-refractivity contribution in [2.24, 2.45) is 5.92 Å². The number of amides is 1. The number of imidazole rings is 1. The van der Waals surface area contributed by atoms with Crippen molar-refractivity contribution in [3.8, 4) is 5.75 Å². The summed E-state index contributed by atoms with van der Waals surface area (Å²) in [7, 11) is 1.59. The molecule has 1 aromatic heterocycles. The molecule has 0 radical (unpaired) electrons. The molecule has 1 amide bonds. The lowest BCUT2D eigenvalue weighted by Gasteiger charge is -2.16. The van der Waals surface area contributed by atoms with E-state index in [2.05, 4.69) is 9.97 Å². The molecule has 0 bridgehead atoms. The van der Waals surface area contributed by atoms with Gasteiger partial charge in [0, 0.05) is 37.3 Å². The molecule has 25 heavy (non-hydrogen) atoms. The van der Waals surface area contributed by atoms with E-state index >= 15 is 0 Å². The van der Waals surface area contributed by atoms with Crippen LogP contribution >= 0.6 is 0 Å². The van der Waals surface area contributed by atoms with Crippen LogP contribution < -0.4 is 4.74 Å². The van der Waals surface area contributed by atoms with Gasteiger partial charge in [-0.15, -0.1) is 0 Å². The average molecular weight is 343 g/mol. The van der Waals surface area contributed by atoms with Gasteiger partial charge in [-0.1, -0.05) is 12.1 Å². The number of H-pyrrole nitrogens is 1. The van der Waals surface area contributed by atoms with Crippen molar-refractivity contribution in [2.75, 3.05) is 20.2 Å². The number of nitrogens with zero attached hydrogens (tertiary/aromatic N) is 2. The molecule has 0 unspecified atom stereocenters. The maximum atomic E-state index is 12.5. The highest BCUT2D eigenvalue weighted by Gasteiger charge is 2.40. The van der Waals surface area contributed by atoms with Gasteiger partial charge in [0.1, 0.15) is 5.75 Å². The molecule has 0 spiro atoms. The Kier molecular flexibility index (Phi) is 5.02. The normalized spacial score (nSPS) is 19.8. The van der Waals surface area contributed by atoms with Crippen LogP contribution in [0.25, 0.3) is 0 Å². The molecule has 1 saturated heterocycles. The lowest BCUT2D eigenvalue weighted by Crippen LogP contribution is -2.30. The van der Waals surface area contributed by atoms with Crippen LogP contribution in [-0.4, -0.2) is 52.1 Å². The molecule has 2 heterocycles. The minimum absolute atomic E-state index is 0.0307. The maximum Gasteiger partial charge on any atom is 0.308 e. The smallest absolute Gasteiger partial charge is 0.308 e.